The van der Waals surface area contributed by atoms with Crippen molar-refractivity contribution >= 4 is 16.9 Å². The van der Waals surface area contributed by atoms with Crippen molar-refractivity contribution in [2.45, 2.75) is 65.0 Å². The van der Waals surface area contributed by atoms with Gasteiger partial charge in [-0.1, -0.05) is 6.42 Å². The standard InChI is InChI=1S/C22H26N6O/c1-14-15(2)24-18-13-16(9-10-17(18)23-14)22(29)27-12-6-7-19(27)21-26-25-20-8-4-3-5-11-28(20)21/h9-10,13,19H,3-8,11-12H2,1-2H3/t19-/m1/s1. The van der Waals surface area contributed by atoms with Gasteiger partial charge in [0.25, 0.3) is 5.91 Å². The molecule has 0 radical (unpaired) electrons. The molecule has 1 fully saturated rings. The Morgan fingerprint density at radius 1 is 0.966 bits per heavy atom. The zero-order valence-corrected chi connectivity index (χ0v) is 17.1. The van der Waals surface area contributed by atoms with Crippen molar-refractivity contribution in [2.24, 2.45) is 0 Å². The molecule has 29 heavy (non-hydrogen) atoms. The number of carbonyl (C=O) groups excluding carboxylic acids is 1. The van der Waals surface area contributed by atoms with E-state index in [1.54, 1.807) is 0 Å². The van der Waals surface area contributed by atoms with Crippen LogP contribution < -0.4 is 0 Å². The minimum atomic E-state index is 0.00313. The third kappa shape index (κ3) is 3.18. The van der Waals surface area contributed by atoms with Gasteiger partial charge in [0.05, 0.1) is 28.5 Å². The quantitative estimate of drug-likeness (QED) is 0.669. The summed E-state index contributed by atoms with van der Waals surface area (Å²) in [7, 11) is 0. The van der Waals surface area contributed by atoms with E-state index in [2.05, 4.69) is 24.7 Å². The first-order chi connectivity index (χ1) is 14.1. The SMILES string of the molecule is Cc1nc2ccc(C(=O)N3CCC[C@@H]3c3nnc4n3CCCCC4)cc2nc1C. The van der Waals surface area contributed by atoms with Crippen LogP contribution in [0.4, 0.5) is 0 Å². The van der Waals surface area contributed by atoms with E-state index in [0.717, 1.165) is 72.8 Å². The lowest BCUT2D eigenvalue weighted by atomic mass is 10.1. The van der Waals surface area contributed by atoms with Gasteiger partial charge in [0.2, 0.25) is 0 Å². The Labute approximate surface area is 170 Å². The molecule has 0 N–H and O–H groups in total. The summed E-state index contributed by atoms with van der Waals surface area (Å²) in [5, 5.41) is 8.96. The molecule has 2 aliphatic rings. The summed E-state index contributed by atoms with van der Waals surface area (Å²) in [6, 6.07) is 5.64. The van der Waals surface area contributed by atoms with Crippen LogP contribution in [0.15, 0.2) is 18.2 Å². The minimum absolute atomic E-state index is 0.00313. The van der Waals surface area contributed by atoms with Gasteiger partial charge in [0.1, 0.15) is 5.82 Å². The largest absolute Gasteiger partial charge is 0.328 e. The first-order valence-corrected chi connectivity index (χ1v) is 10.6. The Bertz CT molecular complexity index is 1090. The van der Waals surface area contributed by atoms with Gasteiger partial charge in [-0.25, -0.2) is 9.97 Å². The number of aromatic nitrogens is 5. The number of benzene rings is 1. The maximum atomic E-state index is 13.4. The molecule has 2 aromatic heterocycles. The van der Waals surface area contributed by atoms with E-state index in [-0.39, 0.29) is 11.9 Å². The van der Waals surface area contributed by atoms with Gasteiger partial charge < -0.3 is 9.47 Å². The van der Waals surface area contributed by atoms with Crippen molar-refractivity contribution in [1.29, 1.82) is 0 Å². The highest BCUT2D eigenvalue weighted by Gasteiger charge is 2.35. The van der Waals surface area contributed by atoms with Crippen LogP contribution in [0.3, 0.4) is 0 Å². The van der Waals surface area contributed by atoms with E-state index in [1.165, 1.54) is 12.8 Å². The smallest absolute Gasteiger partial charge is 0.254 e. The summed E-state index contributed by atoms with van der Waals surface area (Å²) in [6.07, 6.45) is 6.46. The summed E-state index contributed by atoms with van der Waals surface area (Å²) in [6.45, 7) is 5.61. The molecule has 1 atom stereocenters. The van der Waals surface area contributed by atoms with E-state index < -0.39 is 0 Å². The van der Waals surface area contributed by atoms with Gasteiger partial charge in [-0.2, -0.15) is 0 Å². The molecular weight excluding hydrogens is 364 g/mol. The Morgan fingerprint density at radius 3 is 2.66 bits per heavy atom. The van der Waals surface area contributed by atoms with E-state index in [4.69, 9.17) is 0 Å². The van der Waals surface area contributed by atoms with Crippen LogP contribution in [0.5, 0.6) is 0 Å². The normalized spacial score (nSPS) is 19.4. The van der Waals surface area contributed by atoms with Gasteiger partial charge in [0, 0.05) is 25.1 Å². The zero-order chi connectivity index (χ0) is 20.0. The molecule has 0 spiro atoms. The number of nitrogens with zero attached hydrogens (tertiary/aromatic N) is 6. The van der Waals surface area contributed by atoms with Crippen LogP contribution in [0.25, 0.3) is 11.0 Å². The summed E-state index contributed by atoms with van der Waals surface area (Å²) in [4.78, 5) is 24.6. The molecule has 4 heterocycles. The number of likely N-dealkylation sites (tertiary alicyclic amines) is 1. The maximum Gasteiger partial charge on any atom is 0.254 e. The number of fused-ring (bicyclic) bond motifs is 2. The van der Waals surface area contributed by atoms with E-state index in [9.17, 15) is 4.79 Å². The third-order valence-corrected chi connectivity index (χ3v) is 6.27. The van der Waals surface area contributed by atoms with Crippen LogP contribution in [0.1, 0.15) is 71.5 Å². The topological polar surface area (TPSA) is 76.8 Å². The summed E-state index contributed by atoms with van der Waals surface area (Å²) in [5.41, 5.74) is 4.07. The second kappa shape index (κ2) is 7.21. The predicted octanol–water partition coefficient (Wildman–Crippen LogP) is 3.54. The summed E-state index contributed by atoms with van der Waals surface area (Å²) < 4.78 is 2.27. The van der Waals surface area contributed by atoms with Crippen LogP contribution in [0, 0.1) is 13.8 Å². The number of hydrogen-bond donors (Lipinski definition) is 0. The molecule has 7 heteroatoms. The van der Waals surface area contributed by atoms with Gasteiger partial charge in [0.15, 0.2) is 5.82 Å². The number of hydrogen-bond acceptors (Lipinski definition) is 5. The van der Waals surface area contributed by atoms with E-state index in [1.807, 2.05) is 36.9 Å². The molecule has 0 saturated carbocycles. The van der Waals surface area contributed by atoms with Crippen molar-refractivity contribution in [3.05, 3.63) is 46.8 Å². The molecule has 7 nitrogen and oxygen atoms in total. The Balaban J connectivity index is 1.47. The molecule has 3 aromatic rings. The lowest BCUT2D eigenvalue weighted by molar-refractivity contribution is 0.0727. The number of amides is 1. The molecule has 1 amide bonds. The minimum Gasteiger partial charge on any atom is -0.328 e. The second-order valence-corrected chi connectivity index (χ2v) is 8.19. The molecular formula is C22H26N6O. The van der Waals surface area contributed by atoms with Gasteiger partial charge in [-0.3, -0.25) is 4.79 Å². The number of carbonyl (C=O) groups is 1. The first-order valence-electron chi connectivity index (χ1n) is 10.6. The highest BCUT2D eigenvalue weighted by atomic mass is 16.2. The molecule has 0 unspecified atom stereocenters. The zero-order valence-electron chi connectivity index (χ0n) is 17.1. The van der Waals surface area contributed by atoms with Gasteiger partial charge in [-0.15, -0.1) is 10.2 Å². The van der Waals surface area contributed by atoms with Crippen molar-refractivity contribution in [2.75, 3.05) is 6.54 Å². The highest BCUT2D eigenvalue weighted by molar-refractivity contribution is 5.97. The fourth-order valence-corrected chi connectivity index (χ4v) is 4.56. The lowest BCUT2D eigenvalue weighted by Crippen LogP contribution is -2.32. The molecule has 2 aliphatic heterocycles. The lowest BCUT2D eigenvalue weighted by Gasteiger charge is -2.25. The van der Waals surface area contributed by atoms with Crippen LogP contribution in [-0.4, -0.2) is 42.1 Å². The fraction of sp³-hybridized carbons (Fsp3) is 0.500. The first kappa shape index (κ1) is 18.2. The molecule has 150 valence electrons. The molecule has 0 aliphatic carbocycles. The average molecular weight is 390 g/mol. The van der Waals surface area contributed by atoms with Crippen molar-refractivity contribution in [1.82, 2.24) is 29.6 Å². The van der Waals surface area contributed by atoms with E-state index >= 15 is 0 Å². The molecule has 0 bridgehead atoms. The van der Waals surface area contributed by atoms with Gasteiger partial charge in [-0.05, 0) is 57.7 Å². The van der Waals surface area contributed by atoms with Crippen molar-refractivity contribution in [3.8, 4) is 0 Å². The van der Waals surface area contributed by atoms with Crippen LogP contribution in [0.2, 0.25) is 0 Å². The number of aryl methyl sites for hydroxylation is 3. The Hall–Kier alpha value is -2.83. The molecule has 5 rings (SSSR count). The van der Waals surface area contributed by atoms with Crippen molar-refractivity contribution in [3.63, 3.8) is 0 Å². The third-order valence-electron chi connectivity index (χ3n) is 6.27. The summed E-state index contributed by atoms with van der Waals surface area (Å²) >= 11 is 0. The second-order valence-electron chi connectivity index (χ2n) is 8.19. The van der Waals surface area contributed by atoms with Gasteiger partial charge >= 0.3 is 0 Å². The Kier molecular flexibility index (Phi) is 4.53. The summed E-state index contributed by atoms with van der Waals surface area (Å²) in [5.74, 6) is 2.07. The highest BCUT2D eigenvalue weighted by Crippen LogP contribution is 2.33. The average Bonchev–Trinajstić information content (AvgIpc) is 3.28. The van der Waals surface area contributed by atoms with Crippen molar-refractivity contribution < 1.29 is 4.79 Å². The monoisotopic (exact) mass is 390 g/mol. The Morgan fingerprint density at radius 2 is 1.79 bits per heavy atom. The fourth-order valence-electron chi connectivity index (χ4n) is 4.56. The van der Waals surface area contributed by atoms with Crippen LogP contribution >= 0.6 is 0 Å². The van der Waals surface area contributed by atoms with E-state index in [0.29, 0.717) is 5.56 Å². The molecule has 1 saturated heterocycles. The van der Waals surface area contributed by atoms with Crippen LogP contribution in [-0.2, 0) is 13.0 Å². The number of rotatable bonds is 2. The predicted molar refractivity (Wildman–Crippen MR) is 110 cm³/mol. The maximum absolute atomic E-state index is 13.4. The molecule has 1 aromatic carbocycles.